The second-order valence-electron chi connectivity index (χ2n) is 10.4. The van der Waals surface area contributed by atoms with E-state index in [4.69, 9.17) is 4.98 Å². The van der Waals surface area contributed by atoms with Gasteiger partial charge in [0, 0.05) is 79.6 Å². The fourth-order valence-electron chi connectivity index (χ4n) is 4.52. The van der Waals surface area contributed by atoms with E-state index in [1.54, 1.807) is 15.4 Å². The van der Waals surface area contributed by atoms with E-state index in [9.17, 15) is 10.1 Å². The van der Waals surface area contributed by atoms with Crippen molar-refractivity contribution in [1.29, 1.82) is 5.26 Å². The Morgan fingerprint density at radius 2 is 1.81 bits per heavy atom. The average Bonchev–Trinajstić information content (AvgIpc) is 3.52. The number of amides is 1. The third-order valence-electron chi connectivity index (χ3n) is 6.56. The first kappa shape index (κ1) is 24.5. The van der Waals surface area contributed by atoms with Crippen LogP contribution in [0.4, 0.5) is 5.82 Å². The van der Waals surface area contributed by atoms with E-state index < -0.39 is 0 Å². The Kier molecular flexibility index (Phi) is 6.39. The molecule has 10 heteroatoms. The molecule has 0 saturated carbocycles. The molecule has 4 aromatic heterocycles. The number of piperazine rings is 1. The zero-order valence-corrected chi connectivity index (χ0v) is 21.6. The number of carbonyl (C=O) groups excluding carboxylic acids is 1. The van der Waals surface area contributed by atoms with Crippen LogP contribution in [0.2, 0.25) is 0 Å². The molecule has 1 fully saturated rings. The van der Waals surface area contributed by atoms with Gasteiger partial charge >= 0.3 is 0 Å². The molecular weight excluding hydrogens is 466 g/mol. The molecule has 4 aromatic rings. The number of aryl methyl sites for hydroxylation is 1. The van der Waals surface area contributed by atoms with E-state index in [-0.39, 0.29) is 11.4 Å². The van der Waals surface area contributed by atoms with Crippen molar-refractivity contribution in [2.24, 2.45) is 7.05 Å². The van der Waals surface area contributed by atoms with Crippen LogP contribution in [0.1, 0.15) is 26.3 Å². The van der Waals surface area contributed by atoms with Gasteiger partial charge < -0.3 is 15.1 Å². The van der Waals surface area contributed by atoms with E-state index in [0.29, 0.717) is 25.2 Å². The number of hydrogen-bond acceptors (Lipinski definition) is 7. The standard InChI is InChI=1S/C27H31N9O/c1-27(2,3)30-16-25(37)35-9-7-34(8-10-35)24-6-5-19(13-29-24)23-11-20(22-15-31-33(4)17-22)18-36-26(23)21(12-28)14-32-36/h5-6,11,13-15,17-18,30H,7-10,16H2,1-4H3. The number of nitrogens with zero attached hydrogens (tertiary/aromatic N) is 8. The molecule has 0 aliphatic carbocycles. The lowest BCUT2D eigenvalue weighted by molar-refractivity contribution is -0.130. The summed E-state index contributed by atoms with van der Waals surface area (Å²) in [4.78, 5) is 21.4. The molecule has 37 heavy (non-hydrogen) atoms. The lowest BCUT2D eigenvalue weighted by Gasteiger charge is -2.36. The largest absolute Gasteiger partial charge is 0.353 e. The highest BCUT2D eigenvalue weighted by Crippen LogP contribution is 2.32. The monoisotopic (exact) mass is 497 g/mol. The Morgan fingerprint density at radius 3 is 2.43 bits per heavy atom. The summed E-state index contributed by atoms with van der Waals surface area (Å²) < 4.78 is 3.50. The van der Waals surface area contributed by atoms with Gasteiger partial charge in [0.15, 0.2) is 0 Å². The topological polar surface area (TPSA) is 107 Å². The van der Waals surface area contributed by atoms with Crippen LogP contribution in [0.15, 0.2) is 49.2 Å². The molecule has 0 radical (unpaired) electrons. The highest BCUT2D eigenvalue weighted by molar-refractivity contribution is 5.87. The number of fused-ring (bicyclic) bond motifs is 1. The summed E-state index contributed by atoms with van der Waals surface area (Å²) in [6, 6.07) is 8.34. The third-order valence-corrected chi connectivity index (χ3v) is 6.56. The van der Waals surface area contributed by atoms with E-state index in [2.05, 4.69) is 53.3 Å². The van der Waals surface area contributed by atoms with Crippen molar-refractivity contribution in [3.63, 3.8) is 0 Å². The Labute approximate surface area is 216 Å². The van der Waals surface area contributed by atoms with Crippen LogP contribution in [0, 0.1) is 11.3 Å². The fourth-order valence-corrected chi connectivity index (χ4v) is 4.52. The molecule has 5 heterocycles. The van der Waals surface area contributed by atoms with Crippen molar-refractivity contribution in [2.75, 3.05) is 37.6 Å². The van der Waals surface area contributed by atoms with Gasteiger partial charge in [-0.15, -0.1) is 0 Å². The highest BCUT2D eigenvalue weighted by atomic mass is 16.2. The summed E-state index contributed by atoms with van der Waals surface area (Å²) in [6.07, 6.45) is 9.10. The van der Waals surface area contributed by atoms with E-state index in [1.807, 2.05) is 48.9 Å². The number of aromatic nitrogens is 5. The summed E-state index contributed by atoms with van der Waals surface area (Å²) >= 11 is 0. The van der Waals surface area contributed by atoms with Gasteiger partial charge in [-0.3, -0.25) is 9.48 Å². The maximum absolute atomic E-state index is 12.6. The van der Waals surface area contributed by atoms with Crippen LogP contribution in [0.5, 0.6) is 0 Å². The zero-order valence-electron chi connectivity index (χ0n) is 21.6. The van der Waals surface area contributed by atoms with Gasteiger partial charge in [0.25, 0.3) is 0 Å². The molecule has 0 atom stereocenters. The highest BCUT2D eigenvalue weighted by Gasteiger charge is 2.23. The van der Waals surface area contributed by atoms with Crippen LogP contribution in [0.3, 0.4) is 0 Å². The summed E-state index contributed by atoms with van der Waals surface area (Å²) in [5, 5.41) is 21.6. The van der Waals surface area contributed by atoms with E-state index >= 15 is 0 Å². The molecule has 1 aliphatic rings. The van der Waals surface area contributed by atoms with Gasteiger partial charge in [0.1, 0.15) is 11.9 Å². The minimum atomic E-state index is -0.0861. The summed E-state index contributed by atoms with van der Waals surface area (Å²) in [6.45, 7) is 9.32. The van der Waals surface area contributed by atoms with Crippen LogP contribution < -0.4 is 10.2 Å². The van der Waals surface area contributed by atoms with Crippen LogP contribution >= 0.6 is 0 Å². The van der Waals surface area contributed by atoms with E-state index in [1.165, 1.54) is 0 Å². The Morgan fingerprint density at radius 1 is 1.03 bits per heavy atom. The second-order valence-corrected chi connectivity index (χ2v) is 10.4. The molecule has 1 saturated heterocycles. The smallest absolute Gasteiger partial charge is 0.236 e. The number of nitrogens with one attached hydrogen (secondary N) is 1. The zero-order chi connectivity index (χ0) is 26.2. The minimum absolute atomic E-state index is 0.0861. The Balaban J connectivity index is 1.36. The lowest BCUT2D eigenvalue weighted by Crippen LogP contribution is -2.52. The second kappa shape index (κ2) is 9.67. The first-order valence-electron chi connectivity index (χ1n) is 12.4. The molecular formula is C27H31N9O. The maximum atomic E-state index is 12.6. The van der Waals surface area contributed by atoms with Crippen molar-refractivity contribution in [2.45, 2.75) is 26.3 Å². The van der Waals surface area contributed by atoms with Gasteiger partial charge in [-0.05, 0) is 39.0 Å². The number of nitriles is 1. The maximum Gasteiger partial charge on any atom is 0.236 e. The molecule has 1 N–H and O–H groups in total. The average molecular weight is 498 g/mol. The van der Waals surface area contributed by atoms with Crippen LogP contribution in [-0.2, 0) is 11.8 Å². The Bertz CT molecular complexity index is 1460. The molecule has 0 aromatic carbocycles. The molecule has 190 valence electrons. The van der Waals surface area contributed by atoms with E-state index in [0.717, 1.165) is 46.7 Å². The summed E-state index contributed by atoms with van der Waals surface area (Å²) in [7, 11) is 1.88. The normalized spacial score (nSPS) is 14.2. The molecule has 5 rings (SSSR count). The number of rotatable bonds is 5. The minimum Gasteiger partial charge on any atom is -0.353 e. The van der Waals surface area contributed by atoms with Gasteiger partial charge in [-0.2, -0.15) is 15.5 Å². The number of carbonyl (C=O) groups is 1. The first-order valence-corrected chi connectivity index (χ1v) is 12.4. The van der Waals surface area contributed by atoms with Crippen molar-refractivity contribution in [3.8, 4) is 28.3 Å². The van der Waals surface area contributed by atoms with Gasteiger partial charge in [0.2, 0.25) is 5.91 Å². The summed E-state index contributed by atoms with van der Waals surface area (Å²) in [5.41, 5.74) is 4.88. The Hall–Kier alpha value is -4.23. The number of pyridine rings is 2. The predicted molar refractivity (Wildman–Crippen MR) is 142 cm³/mol. The van der Waals surface area contributed by atoms with Crippen molar-refractivity contribution in [1.82, 2.24) is 34.6 Å². The molecule has 10 nitrogen and oxygen atoms in total. The SMILES string of the molecule is Cn1cc(-c2cc(-c3ccc(N4CCN(C(=O)CNC(C)(C)C)CC4)nc3)c3c(C#N)cnn3c2)cn1. The molecule has 1 amide bonds. The molecule has 1 aliphatic heterocycles. The van der Waals surface area contributed by atoms with Gasteiger partial charge in [-0.1, -0.05) is 0 Å². The molecule has 0 unspecified atom stereocenters. The predicted octanol–water partition coefficient (Wildman–Crippen LogP) is 2.71. The summed E-state index contributed by atoms with van der Waals surface area (Å²) in [5.74, 6) is 1.00. The van der Waals surface area contributed by atoms with Crippen molar-refractivity contribution in [3.05, 3.63) is 54.7 Å². The van der Waals surface area contributed by atoms with Crippen molar-refractivity contribution < 1.29 is 4.79 Å². The van der Waals surface area contributed by atoms with Crippen LogP contribution in [-0.4, -0.2) is 73.4 Å². The van der Waals surface area contributed by atoms with Crippen molar-refractivity contribution >= 4 is 17.2 Å². The van der Waals surface area contributed by atoms with Gasteiger partial charge in [-0.25, -0.2) is 9.50 Å². The van der Waals surface area contributed by atoms with Gasteiger partial charge in [0.05, 0.1) is 30.0 Å². The quantitative estimate of drug-likeness (QED) is 0.452. The lowest BCUT2D eigenvalue weighted by atomic mass is 10.0. The molecule has 0 bridgehead atoms. The number of anilines is 1. The van der Waals surface area contributed by atoms with Crippen LogP contribution in [0.25, 0.3) is 27.8 Å². The number of hydrogen-bond donors (Lipinski definition) is 1. The fraction of sp³-hybridized carbons (Fsp3) is 0.370. The first-order chi connectivity index (χ1) is 17.7. The third kappa shape index (κ3) is 5.17. The molecule has 0 spiro atoms.